The maximum atomic E-state index is 12.1. The van der Waals surface area contributed by atoms with Crippen LogP contribution in [-0.2, 0) is 4.79 Å². The molecule has 1 heterocycles. The third-order valence-electron chi connectivity index (χ3n) is 2.73. The van der Waals surface area contributed by atoms with Gasteiger partial charge in [0.1, 0.15) is 12.4 Å². The zero-order valence-electron chi connectivity index (χ0n) is 11.5. The Balaban J connectivity index is 2.21. The van der Waals surface area contributed by atoms with Crippen molar-refractivity contribution in [3.05, 3.63) is 44.9 Å². The van der Waals surface area contributed by atoms with E-state index in [1.165, 1.54) is 0 Å². The highest BCUT2D eigenvalue weighted by Gasteiger charge is 2.34. The number of halogens is 1. The Hall–Kier alpha value is -1.72. The molecule has 2 amide bonds. The van der Waals surface area contributed by atoms with Crippen molar-refractivity contribution in [2.75, 3.05) is 13.2 Å². The van der Waals surface area contributed by atoms with E-state index in [9.17, 15) is 9.59 Å². The highest BCUT2D eigenvalue weighted by Crippen LogP contribution is 2.32. The molecule has 1 aromatic rings. The zero-order chi connectivity index (χ0) is 16.1. The smallest absolute Gasteiger partial charge is 0.294 e. The Bertz CT molecular complexity index is 706. The van der Waals surface area contributed by atoms with Gasteiger partial charge >= 0.3 is 0 Å². The average molecular weight is 425 g/mol. The summed E-state index contributed by atoms with van der Waals surface area (Å²) in [5.74, 6) is 2.71. The quantitative estimate of drug-likeness (QED) is 0.314. The monoisotopic (exact) mass is 425 g/mol. The topological polar surface area (TPSA) is 46.6 Å². The number of thioether (sulfide) groups is 1. The van der Waals surface area contributed by atoms with E-state index < -0.39 is 0 Å². The fourth-order valence-corrected chi connectivity index (χ4v) is 3.28. The molecular formula is C16H12INO3S. The molecule has 22 heavy (non-hydrogen) atoms. The SMILES string of the molecule is C#CCN1C(=O)S/C(=C/c2ccc(OCC=C)c(I)c2)C1=O. The minimum atomic E-state index is -0.352. The lowest BCUT2D eigenvalue weighted by atomic mass is 10.2. The lowest BCUT2D eigenvalue weighted by Crippen LogP contribution is -2.28. The standard InChI is InChI=1S/C16H12INO3S/c1-3-7-18-15(19)14(22-16(18)20)10-11-5-6-13(12(17)9-11)21-8-4-2/h1,4-6,9-10H,2,7-8H2/b14-10+. The number of hydrogen-bond acceptors (Lipinski definition) is 4. The maximum Gasteiger partial charge on any atom is 0.294 e. The van der Waals surface area contributed by atoms with Crippen molar-refractivity contribution in [1.82, 2.24) is 4.90 Å². The predicted octanol–water partition coefficient (Wildman–Crippen LogP) is 3.53. The van der Waals surface area contributed by atoms with Crippen LogP contribution in [0.15, 0.2) is 35.8 Å². The number of benzene rings is 1. The molecule has 0 aliphatic carbocycles. The molecule has 1 aliphatic rings. The van der Waals surface area contributed by atoms with Crippen molar-refractivity contribution in [2.45, 2.75) is 0 Å². The molecule has 1 saturated heterocycles. The summed E-state index contributed by atoms with van der Waals surface area (Å²) in [5.41, 5.74) is 0.821. The first-order valence-corrected chi connectivity index (χ1v) is 8.18. The number of carbonyl (C=O) groups excluding carboxylic acids is 2. The number of nitrogens with zero attached hydrogens (tertiary/aromatic N) is 1. The molecule has 0 spiro atoms. The molecule has 1 fully saturated rings. The molecule has 0 radical (unpaired) electrons. The average Bonchev–Trinajstić information content (AvgIpc) is 2.74. The van der Waals surface area contributed by atoms with Crippen molar-refractivity contribution < 1.29 is 14.3 Å². The second-order valence-electron chi connectivity index (χ2n) is 4.26. The van der Waals surface area contributed by atoms with Gasteiger partial charge in [0, 0.05) is 0 Å². The lowest BCUT2D eigenvalue weighted by Gasteiger charge is -2.07. The molecule has 112 valence electrons. The number of imide groups is 1. The Morgan fingerprint density at radius 1 is 1.45 bits per heavy atom. The van der Waals surface area contributed by atoms with Crippen LogP contribution in [0.25, 0.3) is 6.08 Å². The van der Waals surface area contributed by atoms with E-state index in [0.29, 0.717) is 11.5 Å². The number of carbonyl (C=O) groups is 2. The number of rotatable bonds is 5. The largest absolute Gasteiger partial charge is 0.488 e. The predicted molar refractivity (Wildman–Crippen MR) is 96.4 cm³/mol. The van der Waals surface area contributed by atoms with Crippen LogP contribution in [-0.4, -0.2) is 29.2 Å². The van der Waals surface area contributed by atoms with Gasteiger partial charge in [-0.25, -0.2) is 0 Å². The van der Waals surface area contributed by atoms with Crippen molar-refractivity contribution >= 4 is 51.6 Å². The van der Waals surface area contributed by atoms with Crippen LogP contribution in [0.5, 0.6) is 5.75 Å². The zero-order valence-corrected chi connectivity index (χ0v) is 14.5. The fraction of sp³-hybridized carbons (Fsp3) is 0.125. The van der Waals surface area contributed by atoms with Crippen molar-refractivity contribution in [2.24, 2.45) is 0 Å². The minimum absolute atomic E-state index is 0.00608. The van der Waals surface area contributed by atoms with Crippen molar-refractivity contribution in [3.63, 3.8) is 0 Å². The fourth-order valence-electron chi connectivity index (χ4n) is 1.75. The highest BCUT2D eigenvalue weighted by atomic mass is 127. The summed E-state index contributed by atoms with van der Waals surface area (Å²) in [6.45, 7) is 4.03. The summed E-state index contributed by atoms with van der Waals surface area (Å²) in [7, 11) is 0. The van der Waals surface area contributed by atoms with Gasteiger partial charge in [0.25, 0.3) is 11.1 Å². The Morgan fingerprint density at radius 3 is 2.86 bits per heavy atom. The van der Waals surface area contributed by atoms with Gasteiger partial charge in [0.05, 0.1) is 15.0 Å². The van der Waals surface area contributed by atoms with E-state index >= 15 is 0 Å². The molecule has 0 atom stereocenters. The lowest BCUT2D eigenvalue weighted by molar-refractivity contribution is -0.122. The molecule has 4 nitrogen and oxygen atoms in total. The Labute approximate surface area is 146 Å². The molecule has 0 aromatic heterocycles. The first kappa shape index (κ1) is 16.6. The molecule has 0 N–H and O–H groups in total. The molecule has 1 aliphatic heterocycles. The van der Waals surface area contributed by atoms with Crippen LogP contribution in [0.3, 0.4) is 0 Å². The van der Waals surface area contributed by atoms with E-state index in [1.54, 1.807) is 12.2 Å². The van der Waals surface area contributed by atoms with Crippen molar-refractivity contribution in [3.8, 4) is 18.1 Å². The minimum Gasteiger partial charge on any atom is -0.488 e. The molecule has 2 rings (SSSR count). The van der Waals surface area contributed by atoms with Gasteiger partial charge < -0.3 is 4.74 Å². The Kier molecular flexibility index (Phi) is 5.69. The van der Waals surface area contributed by atoms with Gasteiger partial charge in [-0.2, -0.15) is 0 Å². The summed E-state index contributed by atoms with van der Waals surface area (Å²) < 4.78 is 6.41. The van der Waals surface area contributed by atoms with E-state index in [-0.39, 0.29) is 17.7 Å². The van der Waals surface area contributed by atoms with E-state index in [2.05, 4.69) is 35.1 Å². The van der Waals surface area contributed by atoms with Gasteiger partial charge in [-0.15, -0.1) is 6.42 Å². The van der Waals surface area contributed by atoms with Gasteiger partial charge in [0.15, 0.2) is 0 Å². The third-order valence-corrected chi connectivity index (χ3v) is 4.48. The van der Waals surface area contributed by atoms with Gasteiger partial charge in [-0.1, -0.05) is 24.6 Å². The normalized spacial score (nSPS) is 16.0. The number of ether oxygens (including phenoxy) is 1. The summed E-state index contributed by atoms with van der Waals surface area (Å²) in [5, 5.41) is -0.338. The molecular weight excluding hydrogens is 413 g/mol. The second kappa shape index (κ2) is 7.51. The Morgan fingerprint density at radius 2 is 2.23 bits per heavy atom. The van der Waals surface area contributed by atoms with Gasteiger partial charge in [-0.3, -0.25) is 14.5 Å². The highest BCUT2D eigenvalue weighted by molar-refractivity contribution is 14.1. The second-order valence-corrected chi connectivity index (χ2v) is 6.42. The molecule has 6 heteroatoms. The van der Waals surface area contributed by atoms with E-state index in [1.807, 2.05) is 18.2 Å². The molecule has 1 aromatic carbocycles. The van der Waals surface area contributed by atoms with Crippen LogP contribution < -0.4 is 4.74 Å². The maximum absolute atomic E-state index is 12.1. The summed E-state index contributed by atoms with van der Waals surface area (Å²) in [6.07, 6.45) is 8.51. The number of amides is 2. The van der Waals surface area contributed by atoms with Crippen LogP contribution in [0.4, 0.5) is 4.79 Å². The van der Waals surface area contributed by atoms with E-state index in [4.69, 9.17) is 11.2 Å². The molecule has 0 unspecified atom stereocenters. The van der Waals surface area contributed by atoms with Crippen LogP contribution in [0, 0.1) is 15.9 Å². The molecule has 0 saturated carbocycles. The number of hydrogen-bond donors (Lipinski definition) is 0. The number of terminal acetylenes is 1. The van der Waals surface area contributed by atoms with Crippen LogP contribution >= 0.6 is 34.4 Å². The van der Waals surface area contributed by atoms with Gasteiger partial charge in [-0.05, 0) is 58.1 Å². The molecule has 0 bridgehead atoms. The van der Waals surface area contributed by atoms with Gasteiger partial charge in [0.2, 0.25) is 0 Å². The summed E-state index contributed by atoms with van der Waals surface area (Å²) >= 11 is 3.05. The summed E-state index contributed by atoms with van der Waals surface area (Å²) in [4.78, 5) is 25.2. The summed E-state index contributed by atoms with van der Waals surface area (Å²) in [6, 6.07) is 5.53. The van der Waals surface area contributed by atoms with E-state index in [0.717, 1.165) is 31.5 Å². The first-order chi connectivity index (χ1) is 10.6. The third kappa shape index (κ3) is 3.72. The first-order valence-electron chi connectivity index (χ1n) is 6.29. The van der Waals surface area contributed by atoms with Crippen LogP contribution in [0.1, 0.15) is 5.56 Å². The van der Waals surface area contributed by atoms with Crippen molar-refractivity contribution in [1.29, 1.82) is 0 Å². The van der Waals surface area contributed by atoms with Crippen LogP contribution in [0.2, 0.25) is 0 Å².